The summed E-state index contributed by atoms with van der Waals surface area (Å²) >= 11 is 5.33. The van der Waals surface area contributed by atoms with Gasteiger partial charge in [-0.15, -0.1) is 0 Å². The van der Waals surface area contributed by atoms with E-state index in [2.05, 4.69) is 5.32 Å². The second kappa shape index (κ2) is 5.60. The molecule has 0 aliphatic heterocycles. The van der Waals surface area contributed by atoms with Crippen LogP contribution in [0.5, 0.6) is 0 Å². The van der Waals surface area contributed by atoms with Gasteiger partial charge in [0.1, 0.15) is 6.04 Å². The summed E-state index contributed by atoms with van der Waals surface area (Å²) in [5, 5.41) is 10.7. The largest absolute Gasteiger partial charge is 0.480 e. The fourth-order valence-electron chi connectivity index (χ4n) is 0.666. The van der Waals surface area contributed by atoms with Gasteiger partial charge in [-0.1, -0.05) is 17.2 Å². The van der Waals surface area contributed by atoms with E-state index in [0.29, 0.717) is 12.0 Å². The van der Waals surface area contributed by atoms with Crippen LogP contribution in [0.1, 0.15) is 13.3 Å². The Kier molecular flexibility index (Phi) is 5.12. The van der Waals surface area contributed by atoms with Crippen LogP contribution < -0.4 is 5.32 Å². The van der Waals surface area contributed by atoms with E-state index in [9.17, 15) is 9.59 Å². The molecular formula is C7H10ClNO3. The highest BCUT2D eigenvalue weighted by Crippen LogP contribution is 2.05. The minimum Gasteiger partial charge on any atom is -0.480 e. The lowest BCUT2D eigenvalue weighted by molar-refractivity contribution is -0.140. The molecule has 1 unspecified atom stereocenters. The van der Waals surface area contributed by atoms with Crippen molar-refractivity contribution in [1.29, 1.82) is 0 Å². The Morgan fingerprint density at radius 1 is 1.75 bits per heavy atom. The van der Waals surface area contributed by atoms with Gasteiger partial charge in [-0.25, -0.2) is 4.79 Å². The van der Waals surface area contributed by atoms with Crippen LogP contribution in [0.3, 0.4) is 0 Å². The van der Waals surface area contributed by atoms with E-state index in [1.165, 1.54) is 5.54 Å². The quantitative estimate of drug-likeness (QED) is 0.630. The molecule has 0 bridgehead atoms. The summed E-state index contributed by atoms with van der Waals surface area (Å²) in [6, 6.07) is -0.891. The highest BCUT2D eigenvalue weighted by molar-refractivity contribution is 6.25. The molecule has 0 aliphatic rings. The summed E-state index contributed by atoms with van der Waals surface area (Å²) in [4.78, 5) is 20.4. The van der Waals surface area contributed by atoms with Crippen LogP contribution in [-0.4, -0.2) is 23.5 Å². The topological polar surface area (TPSA) is 66.4 Å². The van der Waals surface area contributed by atoms with Crippen molar-refractivity contribution in [2.75, 3.05) is 0 Å². The van der Waals surface area contributed by atoms with E-state index in [-0.39, 0.29) is 6.42 Å². The third kappa shape index (κ3) is 3.98. The fourth-order valence-corrected chi connectivity index (χ4v) is 0.755. The molecule has 0 aromatic rings. The number of rotatable bonds is 5. The lowest BCUT2D eigenvalue weighted by atomic mass is 10.1. The Hall–Kier alpha value is -1.03. The zero-order valence-electron chi connectivity index (χ0n) is 6.58. The van der Waals surface area contributed by atoms with E-state index >= 15 is 0 Å². The molecule has 0 aromatic carbocycles. The maximum Gasteiger partial charge on any atom is 0.326 e. The molecule has 1 atom stereocenters. The third-order valence-corrected chi connectivity index (χ3v) is 1.65. The second-order valence-corrected chi connectivity index (χ2v) is 2.55. The van der Waals surface area contributed by atoms with Crippen LogP contribution in [0, 0.1) is 0 Å². The molecule has 4 nitrogen and oxygen atoms in total. The minimum atomic E-state index is -1.07. The van der Waals surface area contributed by atoms with Gasteiger partial charge < -0.3 is 10.4 Å². The summed E-state index contributed by atoms with van der Waals surface area (Å²) in [6.45, 7) is 1.69. The maximum atomic E-state index is 10.4. The lowest BCUT2D eigenvalue weighted by Crippen LogP contribution is -2.35. The molecule has 5 heteroatoms. The van der Waals surface area contributed by atoms with E-state index < -0.39 is 12.0 Å². The predicted octanol–water partition coefficient (Wildman–Crippen LogP) is 0.718. The standard InChI is InChI=1S/C7H10ClNO3/c1-5(3-8)2-6(7(11)12)9-4-10/h3-4,6H,2H2,1H3,(H,9,10)(H,11,12). The predicted molar refractivity (Wildman–Crippen MR) is 44.9 cm³/mol. The number of carboxylic acids is 1. The first-order valence-electron chi connectivity index (χ1n) is 3.30. The molecule has 68 valence electrons. The summed E-state index contributed by atoms with van der Waals surface area (Å²) in [6.07, 6.45) is 0.581. The zero-order chi connectivity index (χ0) is 9.56. The van der Waals surface area contributed by atoms with Crippen LogP contribution in [0.2, 0.25) is 0 Å². The number of nitrogens with one attached hydrogen (secondary N) is 1. The van der Waals surface area contributed by atoms with Crippen molar-refractivity contribution >= 4 is 24.0 Å². The molecule has 0 saturated carbocycles. The van der Waals surface area contributed by atoms with Gasteiger partial charge in [-0.05, 0) is 6.92 Å². The van der Waals surface area contributed by atoms with Crippen molar-refractivity contribution in [3.05, 3.63) is 11.1 Å². The number of amides is 1. The van der Waals surface area contributed by atoms with Gasteiger partial charge in [-0.2, -0.15) is 0 Å². The Bertz CT molecular complexity index is 203. The number of carbonyl (C=O) groups excluding carboxylic acids is 1. The summed E-state index contributed by atoms with van der Waals surface area (Å²) in [7, 11) is 0. The number of carbonyl (C=O) groups is 2. The average Bonchev–Trinajstić information content (AvgIpc) is 2.03. The van der Waals surface area contributed by atoms with Crippen molar-refractivity contribution in [3.63, 3.8) is 0 Å². The van der Waals surface area contributed by atoms with E-state index in [4.69, 9.17) is 16.7 Å². The number of hydrogen-bond donors (Lipinski definition) is 2. The molecule has 0 spiro atoms. The average molecular weight is 192 g/mol. The van der Waals surface area contributed by atoms with Gasteiger partial charge in [0.15, 0.2) is 0 Å². The number of carboxylic acid groups (broad SMARTS) is 1. The molecule has 2 N–H and O–H groups in total. The molecule has 0 saturated heterocycles. The summed E-state index contributed by atoms with van der Waals surface area (Å²) < 4.78 is 0. The molecule has 0 aromatic heterocycles. The zero-order valence-corrected chi connectivity index (χ0v) is 7.34. The normalized spacial score (nSPS) is 13.7. The Balaban J connectivity index is 4.13. The molecule has 0 radical (unpaired) electrons. The number of aliphatic carboxylic acids is 1. The van der Waals surface area contributed by atoms with Crippen LogP contribution in [-0.2, 0) is 9.59 Å². The molecule has 12 heavy (non-hydrogen) atoms. The Morgan fingerprint density at radius 2 is 2.33 bits per heavy atom. The van der Waals surface area contributed by atoms with Crippen molar-refractivity contribution in [1.82, 2.24) is 5.32 Å². The lowest BCUT2D eigenvalue weighted by Gasteiger charge is -2.09. The minimum absolute atomic E-state index is 0.220. The summed E-state index contributed by atoms with van der Waals surface area (Å²) in [5.41, 5.74) is 2.00. The molecular weight excluding hydrogens is 182 g/mol. The third-order valence-electron chi connectivity index (χ3n) is 1.28. The maximum absolute atomic E-state index is 10.4. The molecule has 0 aliphatic carbocycles. The number of hydrogen-bond acceptors (Lipinski definition) is 2. The smallest absolute Gasteiger partial charge is 0.326 e. The molecule has 1 amide bonds. The van der Waals surface area contributed by atoms with E-state index in [1.54, 1.807) is 6.92 Å². The second-order valence-electron chi connectivity index (χ2n) is 2.33. The van der Waals surface area contributed by atoms with Crippen LogP contribution in [0.15, 0.2) is 11.1 Å². The monoisotopic (exact) mass is 191 g/mol. The van der Waals surface area contributed by atoms with Crippen LogP contribution in [0.25, 0.3) is 0 Å². The van der Waals surface area contributed by atoms with Crippen molar-refractivity contribution in [3.8, 4) is 0 Å². The molecule has 0 heterocycles. The Labute approximate surface area is 75.2 Å². The Morgan fingerprint density at radius 3 is 2.67 bits per heavy atom. The SMILES string of the molecule is CC(=CCl)CC(NC=O)C(=O)O. The van der Waals surface area contributed by atoms with Gasteiger partial charge >= 0.3 is 5.97 Å². The van der Waals surface area contributed by atoms with Gasteiger partial charge in [-0.3, -0.25) is 4.79 Å². The van der Waals surface area contributed by atoms with Gasteiger partial charge in [0, 0.05) is 12.0 Å². The first-order valence-corrected chi connectivity index (χ1v) is 3.73. The fraction of sp³-hybridized carbons (Fsp3) is 0.429. The van der Waals surface area contributed by atoms with Gasteiger partial charge in [0.05, 0.1) is 0 Å². The summed E-state index contributed by atoms with van der Waals surface area (Å²) in [5.74, 6) is -1.07. The molecule has 0 fully saturated rings. The van der Waals surface area contributed by atoms with Gasteiger partial charge in [0.2, 0.25) is 6.41 Å². The van der Waals surface area contributed by atoms with E-state index in [0.717, 1.165) is 0 Å². The first kappa shape index (κ1) is 11.0. The first-order chi connectivity index (χ1) is 5.61. The number of halogens is 1. The van der Waals surface area contributed by atoms with Crippen molar-refractivity contribution in [2.24, 2.45) is 0 Å². The molecule has 0 rings (SSSR count). The highest BCUT2D eigenvalue weighted by atomic mass is 35.5. The van der Waals surface area contributed by atoms with E-state index in [1.807, 2.05) is 0 Å². The van der Waals surface area contributed by atoms with Crippen LogP contribution in [0.4, 0.5) is 0 Å². The van der Waals surface area contributed by atoms with Crippen LogP contribution >= 0.6 is 11.6 Å². The van der Waals surface area contributed by atoms with Gasteiger partial charge in [0.25, 0.3) is 0 Å². The highest BCUT2D eigenvalue weighted by Gasteiger charge is 2.15. The van der Waals surface area contributed by atoms with Crippen molar-refractivity contribution in [2.45, 2.75) is 19.4 Å². The van der Waals surface area contributed by atoms with Crippen molar-refractivity contribution < 1.29 is 14.7 Å².